The fraction of sp³-hybridized carbons (Fsp3) is 1.00. The number of hydrogen-bond donors (Lipinski definition) is 1. The maximum absolute atomic E-state index is 5.45. The molecule has 0 spiro atoms. The molecule has 0 aromatic heterocycles. The molecule has 0 aromatic carbocycles. The molecule has 1 aliphatic rings. The highest BCUT2D eigenvalue weighted by Gasteiger charge is 2.14. The summed E-state index contributed by atoms with van der Waals surface area (Å²) in [5.41, 5.74) is 0. The maximum atomic E-state index is 5.45. The van der Waals surface area contributed by atoms with Crippen molar-refractivity contribution in [1.29, 1.82) is 0 Å². The summed E-state index contributed by atoms with van der Waals surface area (Å²) in [6, 6.07) is 0.768. The minimum Gasteiger partial charge on any atom is -0.382 e. The van der Waals surface area contributed by atoms with Gasteiger partial charge in [-0.2, -0.15) is 0 Å². The van der Waals surface area contributed by atoms with E-state index in [0.29, 0.717) is 6.61 Å². The van der Waals surface area contributed by atoms with Crippen molar-refractivity contribution < 1.29 is 9.47 Å². The lowest BCUT2D eigenvalue weighted by Gasteiger charge is -2.16. The van der Waals surface area contributed by atoms with Crippen molar-refractivity contribution in [3.63, 3.8) is 0 Å². The zero-order chi connectivity index (χ0) is 13.1. The van der Waals surface area contributed by atoms with E-state index in [1.165, 1.54) is 38.5 Å². The van der Waals surface area contributed by atoms with Gasteiger partial charge in [-0.3, -0.25) is 0 Å². The van der Waals surface area contributed by atoms with Crippen LogP contribution in [0.4, 0.5) is 0 Å². The van der Waals surface area contributed by atoms with Crippen LogP contribution in [0.5, 0.6) is 0 Å². The molecule has 0 bridgehead atoms. The van der Waals surface area contributed by atoms with Crippen molar-refractivity contribution >= 4 is 0 Å². The molecular weight excluding hydrogens is 226 g/mol. The molecule has 1 saturated carbocycles. The molecule has 2 unspecified atom stereocenters. The summed E-state index contributed by atoms with van der Waals surface area (Å²) in [6.07, 6.45) is 9.33. The normalized spacial score (nSPS) is 25.0. The monoisotopic (exact) mass is 257 g/mol. The van der Waals surface area contributed by atoms with Crippen LogP contribution in [0.15, 0.2) is 0 Å². The van der Waals surface area contributed by atoms with Crippen LogP contribution in [0.2, 0.25) is 0 Å². The Kier molecular flexibility index (Phi) is 9.54. The van der Waals surface area contributed by atoms with Crippen LogP contribution < -0.4 is 5.32 Å². The molecule has 18 heavy (non-hydrogen) atoms. The van der Waals surface area contributed by atoms with Crippen LogP contribution in [-0.4, -0.2) is 39.5 Å². The molecule has 3 nitrogen and oxygen atoms in total. The highest BCUT2D eigenvalue weighted by atomic mass is 16.5. The Bertz CT molecular complexity index is 187. The second kappa shape index (κ2) is 10.8. The van der Waals surface area contributed by atoms with Gasteiger partial charge in [0.05, 0.1) is 13.2 Å². The highest BCUT2D eigenvalue weighted by Crippen LogP contribution is 2.22. The molecule has 3 heteroatoms. The van der Waals surface area contributed by atoms with Gasteiger partial charge in [-0.05, 0) is 44.6 Å². The van der Waals surface area contributed by atoms with Gasteiger partial charge < -0.3 is 14.8 Å². The van der Waals surface area contributed by atoms with Gasteiger partial charge in [-0.25, -0.2) is 0 Å². The van der Waals surface area contributed by atoms with E-state index in [2.05, 4.69) is 12.2 Å². The quantitative estimate of drug-likeness (QED) is 0.509. The Morgan fingerprint density at radius 2 is 1.89 bits per heavy atom. The van der Waals surface area contributed by atoms with Crippen LogP contribution in [0.25, 0.3) is 0 Å². The van der Waals surface area contributed by atoms with Crippen molar-refractivity contribution in [3.8, 4) is 0 Å². The van der Waals surface area contributed by atoms with Gasteiger partial charge in [0.15, 0.2) is 0 Å². The SMILES string of the molecule is COCCOCCCCNC1CCCC(C)CC1. The Morgan fingerprint density at radius 3 is 2.72 bits per heavy atom. The average molecular weight is 257 g/mol. The summed E-state index contributed by atoms with van der Waals surface area (Å²) in [4.78, 5) is 0. The van der Waals surface area contributed by atoms with Crippen LogP contribution in [0.3, 0.4) is 0 Å². The highest BCUT2D eigenvalue weighted by molar-refractivity contribution is 4.73. The summed E-state index contributed by atoms with van der Waals surface area (Å²) < 4.78 is 10.4. The molecule has 1 N–H and O–H groups in total. The van der Waals surface area contributed by atoms with E-state index in [-0.39, 0.29) is 0 Å². The van der Waals surface area contributed by atoms with Gasteiger partial charge in [0.25, 0.3) is 0 Å². The predicted molar refractivity (Wildman–Crippen MR) is 76.0 cm³/mol. The van der Waals surface area contributed by atoms with Crippen molar-refractivity contribution in [2.24, 2.45) is 5.92 Å². The van der Waals surface area contributed by atoms with E-state index in [0.717, 1.165) is 38.1 Å². The second-order valence-corrected chi connectivity index (χ2v) is 5.58. The summed E-state index contributed by atoms with van der Waals surface area (Å²) in [5, 5.41) is 3.70. The number of ether oxygens (including phenoxy) is 2. The smallest absolute Gasteiger partial charge is 0.0700 e. The molecule has 0 aliphatic heterocycles. The fourth-order valence-electron chi connectivity index (χ4n) is 2.57. The summed E-state index contributed by atoms with van der Waals surface area (Å²) in [5.74, 6) is 0.936. The third-order valence-electron chi connectivity index (χ3n) is 3.84. The lowest BCUT2D eigenvalue weighted by atomic mass is 10.0. The molecule has 108 valence electrons. The average Bonchev–Trinajstić information content (AvgIpc) is 2.58. The summed E-state index contributed by atoms with van der Waals surface area (Å²) in [7, 11) is 1.71. The van der Waals surface area contributed by atoms with Gasteiger partial charge in [-0.15, -0.1) is 0 Å². The third-order valence-corrected chi connectivity index (χ3v) is 3.84. The Hall–Kier alpha value is -0.120. The molecular formula is C15H31NO2. The number of unbranched alkanes of at least 4 members (excludes halogenated alkanes) is 1. The molecule has 0 radical (unpaired) electrons. The van der Waals surface area contributed by atoms with Crippen LogP contribution in [0, 0.1) is 5.92 Å². The first-order chi connectivity index (χ1) is 8.83. The van der Waals surface area contributed by atoms with Crippen molar-refractivity contribution in [2.45, 2.75) is 57.9 Å². The van der Waals surface area contributed by atoms with E-state index >= 15 is 0 Å². The van der Waals surface area contributed by atoms with E-state index in [1.54, 1.807) is 7.11 Å². The lowest BCUT2D eigenvalue weighted by molar-refractivity contribution is 0.0687. The molecule has 1 aliphatic carbocycles. The first kappa shape index (κ1) is 15.9. The predicted octanol–water partition coefficient (Wildman–Crippen LogP) is 2.99. The van der Waals surface area contributed by atoms with E-state index in [1.807, 2.05) is 0 Å². The lowest BCUT2D eigenvalue weighted by Crippen LogP contribution is -2.29. The van der Waals surface area contributed by atoms with E-state index in [9.17, 15) is 0 Å². The number of hydrogen-bond acceptors (Lipinski definition) is 3. The fourth-order valence-corrected chi connectivity index (χ4v) is 2.57. The minimum atomic E-state index is 0.707. The zero-order valence-corrected chi connectivity index (χ0v) is 12.2. The first-order valence-electron chi connectivity index (χ1n) is 7.63. The van der Waals surface area contributed by atoms with Gasteiger partial charge in [0.2, 0.25) is 0 Å². The summed E-state index contributed by atoms with van der Waals surface area (Å²) in [6.45, 7) is 5.84. The second-order valence-electron chi connectivity index (χ2n) is 5.58. The van der Waals surface area contributed by atoms with Gasteiger partial charge in [0.1, 0.15) is 0 Å². The van der Waals surface area contributed by atoms with Crippen LogP contribution in [0.1, 0.15) is 51.9 Å². The molecule has 1 rings (SSSR count). The molecule has 0 saturated heterocycles. The van der Waals surface area contributed by atoms with Crippen LogP contribution in [-0.2, 0) is 9.47 Å². The minimum absolute atomic E-state index is 0.707. The zero-order valence-electron chi connectivity index (χ0n) is 12.2. The largest absolute Gasteiger partial charge is 0.382 e. The number of nitrogens with one attached hydrogen (secondary N) is 1. The number of methoxy groups -OCH3 is 1. The van der Waals surface area contributed by atoms with Crippen molar-refractivity contribution in [1.82, 2.24) is 5.32 Å². The third kappa shape index (κ3) is 8.06. The van der Waals surface area contributed by atoms with Crippen LogP contribution >= 0.6 is 0 Å². The number of rotatable bonds is 9. The molecule has 0 heterocycles. The molecule has 2 atom stereocenters. The van der Waals surface area contributed by atoms with Crippen molar-refractivity contribution in [3.05, 3.63) is 0 Å². The summed E-state index contributed by atoms with van der Waals surface area (Å²) >= 11 is 0. The van der Waals surface area contributed by atoms with Crippen molar-refractivity contribution in [2.75, 3.05) is 33.5 Å². The molecule has 1 fully saturated rings. The van der Waals surface area contributed by atoms with Gasteiger partial charge >= 0.3 is 0 Å². The maximum Gasteiger partial charge on any atom is 0.0700 e. The Labute approximate surface area is 113 Å². The van der Waals surface area contributed by atoms with E-state index < -0.39 is 0 Å². The van der Waals surface area contributed by atoms with Gasteiger partial charge in [0, 0.05) is 19.8 Å². The topological polar surface area (TPSA) is 30.5 Å². The van der Waals surface area contributed by atoms with E-state index in [4.69, 9.17) is 9.47 Å². The Balaban J connectivity index is 1.88. The standard InChI is InChI=1S/C15H31NO2/c1-14-6-5-7-15(9-8-14)16-10-3-4-11-18-13-12-17-2/h14-16H,3-13H2,1-2H3. The Morgan fingerprint density at radius 1 is 1.00 bits per heavy atom. The molecule has 0 amide bonds. The van der Waals surface area contributed by atoms with Gasteiger partial charge in [-0.1, -0.05) is 19.8 Å². The molecule has 0 aromatic rings. The first-order valence-corrected chi connectivity index (χ1v) is 7.63.